The first-order valence-corrected chi connectivity index (χ1v) is 6.85. The van der Waals surface area contributed by atoms with Crippen LogP contribution in [0.2, 0.25) is 5.02 Å². The molecule has 1 aromatic carbocycles. The van der Waals surface area contributed by atoms with Gasteiger partial charge in [-0.2, -0.15) is 0 Å². The summed E-state index contributed by atoms with van der Waals surface area (Å²) in [5.41, 5.74) is 5.81. The lowest BCUT2D eigenvalue weighted by atomic mass is 10.1. The van der Waals surface area contributed by atoms with Crippen molar-refractivity contribution in [1.29, 1.82) is 0 Å². The molecule has 0 bridgehead atoms. The molecule has 0 spiro atoms. The molecule has 0 amide bonds. The standard InChI is InChI=1S/C10H14ClNO3S/c1-2-16(14,15)10-4-3-7(5-8(10)11)9(13)6-12/h3-5,9,13H,2,6,12H2,1H3. The van der Waals surface area contributed by atoms with Gasteiger partial charge in [-0.15, -0.1) is 0 Å². The predicted molar refractivity (Wildman–Crippen MR) is 63.2 cm³/mol. The third kappa shape index (κ3) is 2.74. The Bertz CT molecular complexity index is 473. The molecule has 90 valence electrons. The molecule has 0 aliphatic heterocycles. The zero-order valence-corrected chi connectivity index (χ0v) is 10.4. The summed E-state index contributed by atoms with van der Waals surface area (Å²) in [5, 5.41) is 9.59. The van der Waals surface area contributed by atoms with E-state index in [1.54, 1.807) is 6.92 Å². The van der Waals surface area contributed by atoms with E-state index in [2.05, 4.69) is 0 Å². The second kappa shape index (κ2) is 5.14. The van der Waals surface area contributed by atoms with Crippen LogP contribution in [0.5, 0.6) is 0 Å². The lowest BCUT2D eigenvalue weighted by Crippen LogP contribution is -2.12. The Kier molecular flexibility index (Phi) is 4.32. The number of halogens is 1. The van der Waals surface area contributed by atoms with Crippen molar-refractivity contribution in [3.63, 3.8) is 0 Å². The van der Waals surface area contributed by atoms with Crippen molar-refractivity contribution in [3.8, 4) is 0 Å². The van der Waals surface area contributed by atoms with Crippen LogP contribution in [0.4, 0.5) is 0 Å². The third-order valence-corrected chi connectivity index (χ3v) is 4.49. The lowest BCUT2D eigenvalue weighted by molar-refractivity contribution is 0.186. The first kappa shape index (κ1) is 13.4. The van der Waals surface area contributed by atoms with Gasteiger partial charge >= 0.3 is 0 Å². The van der Waals surface area contributed by atoms with Crippen LogP contribution in [0.3, 0.4) is 0 Å². The lowest BCUT2D eigenvalue weighted by Gasteiger charge is -2.10. The molecule has 0 aromatic heterocycles. The molecule has 3 N–H and O–H groups in total. The maximum Gasteiger partial charge on any atom is 0.179 e. The molecule has 1 rings (SSSR count). The van der Waals surface area contributed by atoms with Crippen LogP contribution in [0, 0.1) is 0 Å². The second-order valence-electron chi connectivity index (χ2n) is 3.34. The molecule has 1 unspecified atom stereocenters. The molecule has 0 fully saturated rings. The molecular formula is C10H14ClNO3S. The van der Waals surface area contributed by atoms with Crippen molar-refractivity contribution in [3.05, 3.63) is 28.8 Å². The van der Waals surface area contributed by atoms with E-state index in [0.29, 0.717) is 5.56 Å². The Hall–Kier alpha value is -0.620. The fourth-order valence-electron chi connectivity index (χ4n) is 1.27. The maximum absolute atomic E-state index is 11.6. The van der Waals surface area contributed by atoms with Crippen molar-refractivity contribution >= 4 is 21.4 Å². The Morgan fingerprint density at radius 3 is 2.56 bits per heavy atom. The van der Waals surface area contributed by atoms with Crippen LogP contribution in [0.15, 0.2) is 23.1 Å². The number of aliphatic hydroxyl groups excluding tert-OH is 1. The molecule has 0 saturated carbocycles. The molecule has 6 heteroatoms. The van der Waals surface area contributed by atoms with Crippen LogP contribution in [0.25, 0.3) is 0 Å². The average Bonchev–Trinajstić information content (AvgIpc) is 2.27. The molecule has 0 heterocycles. The predicted octanol–water partition coefficient (Wildman–Crippen LogP) is 1.13. The van der Waals surface area contributed by atoms with Gasteiger partial charge in [-0.3, -0.25) is 0 Å². The Balaban J connectivity index is 3.20. The van der Waals surface area contributed by atoms with Crippen LogP contribution in [-0.2, 0) is 9.84 Å². The first-order valence-electron chi connectivity index (χ1n) is 4.82. The third-order valence-electron chi connectivity index (χ3n) is 2.28. The van der Waals surface area contributed by atoms with E-state index in [1.807, 2.05) is 0 Å². The number of rotatable bonds is 4. The first-order chi connectivity index (χ1) is 7.42. The van der Waals surface area contributed by atoms with Crippen LogP contribution in [0.1, 0.15) is 18.6 Å². The summed E-state index contributed by atoms with van der Waals surface area (Å²) in [7, 11) is -3.32. The molecule has 16 heavy (non-hydrogen) atoms. The van der Waals surface area contributed by atoms with Crippen LogP contribution >= 0.6 is 11.6 Å². The van der Waals surface area contributed by atoms with E-state index in [0.717, 1.165) is 0 Å². The number of hydrogen-bond acceptors (Lipinski definition) is 4. The highest BCUT2D eigenvalue weighted by molar-refractivity contribution is 7.91. The summed E-state index contributed by atoms with van der Waals surface area (Å²) >= 11 is 5.86. The van der Waals surface area contributed by atoms with Gasteiger partial charge in [0.15, 0.2) is 9.84 Å². The molecule has 1 aromatic rings. The van der Waals surface area contributed by atoms with Gasteiger partial charge in [0.05, 0.1) is 21.8 Å². The van der Waals surface area contributed by atoms with Crippen LogP contribution in [-0.4, -0.2) is 25.8 Å². The largest absolute Gasteiger partial charge is 0.387 e. The van der Waals surface area contributed by atoms with Crippen molar-refractivity contribution < 1.29 is 13.5 Å². The minimum Gasteiger partial charge on any atom is -0.387 e. The summed E-state index contributed by atoms with van der Waals surface area (Å²) < 4.78 is 23.2. The summed E-state index contributed by atoms with van der Waals surface area (Å²) in [6.45, 7) is 1.62. The Morgan fingerprint density at radius 1 is 1.50 bits per heavy atom. The van der Waals surface area contributed by atoms with E-state index in [4.69, 9.17) is 17.3 Å². The molecule has 0 aliphatic carbocycles. The number of benzene rings is 1. The summed E-state index contributed by atoms with van der Waals surface area (Å²) in [6, 6.07) is 4.35. The maximum atomic E-state index is 11.6. The normalized spacial score (nSPS) is 13.8. The highest BCUT2D eigenvalue weighted by Crippen LogP contribution is 2.26. The smallest absolute Gasteiger partial charge is 0.179 e. The number of nitrogens with two attached hydrogens (primary N) is 1. The second-order valence-corrected chi connectivity index (χ2v) is 6.00. The number of aliphatic hydroxyl groups is 1. The van der Waals surface area contributed by atoms with E-state index in [9.17, 15) is 13.5 Å². The fourth-order valence-corrected chi connectivity index (χ4v) is 2.75. The van der Waals surface area contributed by atoms with Crippen molar-refractivity contribution in [1.82, 2.24) is 0 Å². The van der Waals surface area contributed by atoms with Gasteiger partial charge in [0, 0.05) is 6.54 Å². The van der Waals surface area contributed by atoms with Gasteiger partial charge in [-0.05, 0) is 17.7 Å². The average molecular weight is 264 g/mol. The highest BCUT2D eigenvalue weighted by Gasteiger charge is 2.17. The van der Waals surface area contributed by atoms with Gasteiger partial charge < -0.3 is 10.8 Å². The minimum atomic E-state index is -3.32. The zero-order chi connectivity index (χ0) is 12.3. The van der Waals surface area contributed by atoms with E-state index >= 15 is 0 Å². The SMILES string of the molecule is CCS(=O)(=O)c1ccc(C(O)CN)cc1Cl. The van der Waals surface area contributed by atoms with Gasteiger partial charge in [0.1, 0.15) is 0 Å². The van der Waals surface area contributed by atoms with Crippen molar-refractivity contribution in [2.45, 2.75) is 17.9 Å². The van der Waals surface area contributed by atoms with E-state index in [-0.39, 0.29) is 22.2 Å². The highest BCUT2D eigenvalue weighted by atomic mass is 35.5. The van der Waals surface area contributed by atoms with E-state index in [1.165, 1.54) is 18.2 Å². The van der Waals surface area contributed by atoms with Gasteiger partial charge in [0.25, 0.3) is 0 Å². The summed E-state index contributed by atoms with van der Waals surface area (Å²) in [6.07, 6.45) is -0.823. The van der Waals surface area contributed by atoms with E-state index < -0.39 is 15.9 Å². The molecule has 0 aliphatic rings. The van der Waals surface area contributed by atoms with Gasteiger partial charge in [0.2, 0.25) is 0 Å². The van der Waals surface area contributed by atoms with Gasteiger partial charge in [-0.25, -0.2) is 8.42 Å². The molecule has 1 atom stereocenters. The number of hydrogen-bond donors (Lipinski definition) is 2. The minimum absolute atomic E-state index is 0.00842. The monoisotopic (exact) mass is 263 g/mol. The van der Waals surface area contributed by atoms with Crippen molar-refractivity contribution in [2.75, 3.05) is 12.3 Å². The molecule has 0 saturated heterocycles. The summed E-state index contributed by atoms with van der Waals surface area (Å²) in [5.74, 6) is -0.00842. The molecule has 4 nitrogen and oxygen atoms in total. The fraction of sp³-hybridized carbons (Fsp3) is 0.400. The quantitative estimate of drug-likeness (QED) is 0.853. The topological polar surface area (TPSA) is 80.4 Å². The molecular weight excluding hydrogens is 250 g/mol. The van der Waals surface area contributed by atoms with Crippen LogP contribution < -0.4 is 5.73 Å². The number of sulfone groups is 1. The Labute approximate surface area is 100.0 Å². The van der Waals surface area contributed by atoms with Gasteiger partial charge in [-0.1, -0.05) is 24.6 Å². The van der Waals surface area contributed by atoms with Crippen molar-refractivity contribution in [2.24, 2.45) is 5.73 Å². The summed E-state index contributed by atoms with van der Waals surface area (Å²) in [4.78, 5) is 0.0876. The Morgan fingerprint density at radius 2 is 2.12 bits per heavy atom. The zero-order valence-electron chi connectivity index (χ0n) is 8.85. The molecule has 0 radical (unpaired) electrons.